The Bertz CT molecular complexity index is 899. The van der Waals surface area contributed by atoms with Crippen LogP contribution in [0.25, 0.3) is 10.9 Å². The first-order chi connectivity index (χ1) is 12.1. The standard InChI is InChI=1S/C18H20N4O3/c1-11(2)16-20-21-17(25-16)14-10-22(8-9-24-14)18(23)13-5-3-4-12-6-7-19-15(12)13/h3-7,11,14,19H,8-10H2,1-2H3/t14-/m0/s1. The Balaban J connectivity index is 1.56. The third-order valence-corrected chi connectivity index (χ3v) is 4.40. The van der Waals surface area contributed by atoms with E-state index in [1.54, 1.807) is 4.90 Å². The van der Waals surface area contributed by atoms with Crippen LogP contribution in [-0.2, 0) is 4.74 Å². The smallest absolute Gasteiger partial charge is 0.256 e. The van der Waals surface area contributed by atoms with Gasteiger partial charge in [-0.15, -0.1) is 10.2 Å². The predicted molar refractivity (Wildman–Crippen MR) is 91.3 cm³/mol. The number of morpholine rings is 1. The zero-order valence-electron chi connectivity index (χ0n) is 14.2. The maximum absolute atomic E-state index is 13.0. The van der Waals surface area contributed by atoms with Crippen molar-refractivity contribution in [3.8, 4) is 0 Å². The quantitative estimate of drug-likeness (QED) is 0.792. The number of benzene rings is 1. The molecule has 7 heteroatoms. The molecule has 0 spiro atoms. The zero-order valence-corrected chi connectivity index (χ0v) is 14.2. The number of hydrogen-bond donors (Lipinski definition) is 1. The Morgan fingerprint density at radius 1 is 1.32 bits per heavy atom. The molecule has 1 amide bonds. The van der Waals surface area contributed by atoms with Crippen molar-refractivity contribution >= 4 is 16.8 Å². The molecule has 130 valence electrons. The highest BCUT2D eigenvalue weighted by atomic mass is 16.5. The first kappa shape index (κ1) is 15.8. The van der Waals surface area contributed by atoms with Gasteiger partial charge >= 0.3 is 0 Å². The van der Waals surface area contributed by atoms with E-state index in [4.69, 9.17) is 9.15 Å². The Kier molecular flexibility index (Phi) is 4.01. The lowest BCUT2D eigenvalue weighted by molar-refractivity contribution is -0.0350. The van der Waals surface area contributed by atoms with Gasteiger partial charge in [-0.2, -0.15) is 0 Å². The SMILES string of the molecule is CC(C)c1nnc([C@@H]2CN(C(=O)c3cccc4cc[nH]c34)CCO2)o1. The predicted octanol–water partition coefficient (Wildman–Crippen LogP) is 2.89. The molecule has 0 unspecified atom stereocenters. The summed E-state index contributed by atoms with van der Waals surface area (Å²) in [5.41, 5.74) is 1.52. The van der Waals surface area contributed by atoms with Gasteiger partial charge in [-0.05, 0) is 12.1 Å². The van der Waals surface area contributed by atoms with Gasteiger partial charge in [0.25, 0.3) is 5.91 Å². The molecule has 0 saturated carbocycles. The first-order valence-electron chi connectivity index (χ1n) is 8.44. The number of aromatic nitrogens is 3. The molecular formula is C18H20N4O3. The number of ether oxygens (including phenoxy) is 1. The van der Waals surface area contributed by atoms with Gasteiger partial charge in [-0.1, -0.05) is 26.0 Å². The fourth-order valence-corrected chi connectivity index (χ4v) is 3.03. The Hall–Kier alpha value is -2.67. The van der Waals surface area contributed by atoms with Gasteiger partial charge in [0, 0.05) is 24.0 Å². The third kappa shape index (κ3) is 2.91. The van der Waals surface area contributed by atoms with Crippen LogP contribution >= 0.6 is 0 Å². The minimum Gasteiger partial charge on any atom is -0.422 e. The van der Waals surface area contributed by atoms with Gasteiger partial charge in [0.2, 0.25) is 11.8 Å². The molecule has 1 aromatic carbocycles. The van der Waals surface area contributed by atoms with Gasteiger partial charge in [0.05, 0.1) is 24.2 Å². The molecule has 4 rings (SSSR count). The number of carbonyl (C=O) groups is 1. The van der Waals surface area contributed by atoms with Gasteiger partial charge < -0.3 is 19.0 Å². The van der Waals surface area contributed by atoms with Crippen LogP contribution in [0.4, 0.5) is 0 Å². The molecule has 1 aliphatic rings. The summed E-state index contributed by atoms with van der Waals surface area (Å²) in [5, 5.41) is 9.15. The van der Waals surface area contributed by atoms with Crippen LogP contribution in [0, 0.1) is 0 Å². The molecular weight excluding hydrogens is 320 g/mol. The maximum atomic E-state index is 13.0. The molecule has 0 aliphatic carbocycles. The van der Waals surface area contributed by atoms with E-state index in [1.807, 2.05) is 44.3 Å². The summed E-state index contributed by atoms with van der Waals surface area (Å²) in [6.07, 6.45) is 1.45. The summed E-state index contributed by atoms with van der Waals surface area (Å²) in [7, 11) is 0. The molecule has 0 bridgehead atoms. The number of rotatable bonds is 3. The van der Waals surface area contributed by atoms with Crippen molar-refractivity contribution in [2.24, 2.45) is 0 Å². The van der Waals surface area contributed by atoms with Crippen LogP contribution in [0.1, 0.15) is 48.0 Å². The lowest BCUT2D eigenvalue weighted by Crippen LogP contribution is -2.42. The van der Waals surface area contributed by atoms with Crippen LogP contribution in [-0.4, -0.2) is 45.7 Å². The second kappa shape index (κ2) is 6.33. The normalized spacial score (nSPS) is 18.2. The van der Waals surface area contributed by atoms with Gasteiger partial charge in [0.15, 0.2) is 6.10 Å². The van der Waals surface area contributed by atoms with Gasteiger partial charge in [-0.25, -0.2) is 0 Å². The van der Waals surface area contributed by atoms with E-state index in [0.717, 1.165) is 10.9 Å². The van der Waals surface area contributed by atoms with E-state index in [0.29, 0.717) is 37.0 Å². The number of aromatic amines is 1. The molecule has 2 aromatic heterocycles. The Morgan fingerprint density at radius 2 is 2.20 bits per heavy atom. The highest BCUT2D eigenvalue weighted by molar-refractivity contribution is 6.05. The maximum Gasteiger partial charge on any atom is 0.256 e. The summed E-state index contributed by atoms with van der Waals surface area (Å²) in [5.74, 6) is 1.15. The minimum absolute atomic E-state index is 0.0232. The number of nitrogens with zero attached hydrogens (tertiary/aromatic N) is 3. The summed E-state index contributed by atoms with van der Waals surface area (Å²) in [6.45, 7) is 5.36. The zero-order chi connectivity index (χ0) is 17.4. The molecule has 1 aliphatic heterocycles. The summed E-state index contributed by atoms with van der Waals surface area (Å²) in [4.78, 5) is 17.9. The highest BCUT2D eigenvalue weighted by Gasteiger charge is 2.30. The third-order valence-electron chi connectivity index (χ3n) is 4.40. The summed E-state index contributed by atoms with van der Waals surface area (Å²) < 4.78 is 11.4. The van der Waals surface area contributed by atoms with Crippen molar-refractivity contribution < 1.29 is 13.9 Å². The number of fused-ring (bicyclic) bond motifs is 1. The van der Waals surface area contributed by atoms with Crippen molar-refractivity contribution in [3.63, 3.8) is 0 Å². The number of H-pyrrole nitrogens is 1. The molecule has 25 heavy (non-hydrogen) atoms. The van der Waals surface area contributed by atoms with Crippen LogP contribution in [0.5, 0.6) is 0 Å². The number of hydrogen-bond acceptors (Lipinski definition) is 5. The average Bonchev–Trinajstić information content (AvgIpc) is 3.30. The average molecular weight is 340 g/mol. The van der Waals surface area contributed by atoms with Crippen molar-refractivity contribution in [1.29, 1.82) is 0 Å². The number of para-hydroxylation sites is 1. The first-order valence-corrected chi connectivity index (χ1v) is 8.44. The highest BCUT2D eigenvalue weighted by Crippen LogP contribution is 2.25. The molecule has 1 saturated heterocycles. The molecule has 1 fully saturated rings. The van der Waals surface area contributed by atoms with Crippen LogP contribution in [0.2, 0.25) is 0 Å². The fourth-order valence-electron chi connectivity index (χ4n) is 3.03. The topological polar surface area (TPSA) is 84.2 Å². The number of nitrogens with one attached hydrogen (secondary N) is 1. The van der Waals surface area contributed by atoms with E-state index in [-0.39, 0.29) is 17.9 Å². The number of carbonyl (C=O) groups excluding carboxylic acids is 1. The Morgan fingerprint density at radius 3 is 3.00 bits per heavy atom. The molecule has 1 atom stereocenters. The summed E-state index contributed by atoms with van der Waals surface area (Å²) >= 11 is 0. The van der Waals surface area contributed by atoms with Crippen molar-refractivity contribution in [3.05, 3.63) is 47.8 Å². The molecule has 1 N–H and O–H groups in total. The van der Waals surface area contributed by atoms with E-state index >= 15 is 0 Å². The minimum atomic E-state index is -0.388. The van der Waals surface area contributed by atoms with Crippen LogP contribution in [0.15, 0.2) is 34.9 Å². The van der Waals surface area contributed by atoms with E-state index < -0.39 is 0 Å². The van der Waals surface area contributed by atoms with Crippen LogP contribution < -0.4 is 0 Å². The molecule has 0 radical (unpaired) electrons. The molecule has 3 aromatic rings. The monoisotopic (exact) mass is 340 g/mol. The lowest BCUT2D eigenvalue weighted by Gasteiger charge is -2.31. The fraction of sp³-hybridized carbons (Fsp3) is 0.389. The van der Waals surface area contributed by atoms with Gasteiger partial charge in [0.1, 0.15) is 0 Å². The van der Waals surface area contributed by atoms with E-state index in [1.165, 1.54) is 0 Å². The van der Waals surface area contributed by atoms with E-state index in [9.17, 15) is 4.79 Å². The van der Waals surface area contributed by atoms with Crippen molar-refractivity contribution in [2.75, 3.05) is 19.7 Å². The molecule has 3 heterocycles. The summed E-state index contributed by atoms with van der Waals surface area (Å²) in [6, 6.07) is 7.68. The lowest BCUT2D eigenvalue weighted by atomic mass is 10.1. The van der Waals surface area contributed by atoms with Crippen LogP contribution in [0.3, 0.4) is 0 Å². The second-order valence-electron chi connectivity index (χ2n) is 6.49. The largest absolute Gasteiger partial charge is 0.422 e. The van der Waals surface area contributed by atoms with Gasteiger partial charge in [-0.3, -0.25) is 4.79 Å². The van der Waals surface area contributed by atoms with Crippen molar-refractivity contribution in [2.45, 2.75) is 25.9 Å². The van der Waals surface area contributed by atoms with Crippen molar-refractivity contribution in [1.82, 2.24) is 20.1 Å². The van der Waals surface area contributed by atoms with E-state index in [2.05, 4.69) is 15.2 Å². The second-order valence-corrected chi connectivity index (χ2v) is 6.49. The molecule has 7 nitrogen and oxygen atoms in total. The number of amides is 1. The Labute approximate surface area is 145 Å².